The molecule has 0 aliphatic carbocycles. The number of benzene rings is 3. The average Bonchev–Trinajstić information content (AvgIpc) is 2.88. The minimum Gasteiger partial charge on any atom is -0.495 e. The second-order valence-electron chi connectivity index (χ2n) is 7.89. The van der Waals surface area contributed by atoms with Gasteiger partial charge in [0.2, 0.25) is 10.0 Å². The first-order valence-corrected chi connectivity index (χ1v) is 12.5. The first-order valence-electron chi connectivity index (χ1n) is 11.0. The van der Waals surface area contributed by atoms with Crippen LogP contribution in [0.5, 0.6) is 17.2 Å². The Kier molecular flexibility index (Phi) is 9.04. The normalized spacial score (nSPS) is 11.5. The molecule has 190 valence electrons. The van der Waals surface area contributed by atoms with Gasteiger partial charge in [-0.3, -0.25) is 4.79 Å². The molecule has 0 saturated heterocycles. The number of likely N-dealkylation sites (N-methyl/N-ethyl adjacent to an activating group) is 1. The lowest BCUT2D eigenvalue weighted by Crippen LogP contribution is -2.36. The molecular weight excluding hydrogens is 482 g/mol. The Balaban J connectivity index is 1.60. The van der Waals surface area contributed by atoms with Crippen LogP contribution in [0.2, 0.25) is 0 Å². The third-order valence-electron chi connectivity index (χ3n) is 5.20. The molecule has 0 atom stereocenters. The van der Waals surface area contributed by atoms with Crippen LogP contribution in [-0.2, 0) is 21.4 Å². The standard InChI is InChI=1S/C26H29N3O6S/c1-19-10-12-23(33-3)25(14-19)36(31,32)29(2)17-26(30)28-27-16-21-11-13-22(24(15-21)34-4)35-18-20-8-6-5-7-9-20/h5-16H,17-18H2,1-4H3,(H,28,30)/b27-16+. The predicted molar refractivity (Wildman–Crippen MR) is 137 cm³/mol. The fraction of sp³-hybridized carbons (Fsp3) is 0.231. The van der Waals surface area contributed by atoms with Crippen molar-refractivity contribution in [2.45, 2.75) is 18.4 Å². The maximum Gasteiger partial charge on any atom is 0.255 e. The van der Waals surface area contributed by atoms with E-state index in [1.807, 2.05) is 30.3 Å². The van der Waals surface area contributed by atoms with E-state index in [1.165, 1.54) is 33.5 Å². The van der Waals surface area contributed by atoms with Crippen molar-refractivity contribution in [1.82, 2.24) is 9.73 Å². The molecule has 9 nitrogen and oxygen atoms in total. The lowest BCUT2D eigenvalue weighted by molar-refractivity contribution is -0.121. The highest BCUT2D eigenvalue weighted by Crippen LogP contribution is 2.29. The lowest BCUT2D eigenvalue weighted by atomic mass is 10.2. The minimum absolute atomic E-state index is 0.00882. The monoisotopic (exact) mass is 511 g/mol. The molecule has 10 heteroatoms. The van der Waals surface area contributed by atoms with E-state index in [0.717, 1.165) is 15.4 Å². The number of carbonyl (C=O) groups excluding carboxylic acids is 1. The van der Waals surface area contributed by atoms with E-state index in [2.05, 4.69) is 10.5 Å². The van der Waals surface area contributed by atoms with Gasteiger partial charge in [-0.05, 0) is 53.9 Å². The number of carbonyl (C=O) groups is 1. The molecule has 0 fully saturated rings. The summed E-state index contributed by atoms with van der Waals surface area (Å²) in [6, 6.07) is 19.8. The molecule has 3 aromatic rings. The Morgan fingerprint density at radius 1 is 0.972 bits per heavy atom. The van der Waals surface area contributed by atoms with Crippen molar-refractivity contribution in [3.63, 3.8) is 0 Å². The summed E-state index contributed by atoms with van der Waals surface area (Å²) in [5.74, 6) is 0.690. The largest absolute Gasteiger partial charge is 0.495 e. The van der Waals surface area contributed by atoms with Gasteiger partial charge < -0.3 is 14.2 Å². The van der Waals surface area contributed by atoms with Crippen molar-refractivity contribution in [3.05, 3.63) is 83.4 Å². The summed E-state index contributed by atoms with van der Waals surface area (Å²) in [5, 5.41) is 3.93. The number of aryl methyl sites for hydroxylation is 1. The number of hydrazone groups is 1. The van der Waals surface area contributed by atoms with Gasteiger partial charge in [0.15, 0.2) is 11.5 Å². The molecule has 0 bridgehead atoms. The fourth-order valence-corrected chi connectivity index (χ4v) is 4.64. The van der Waals surface area contributed by atoms with Crippen LogP contribution in [0, 0.1) is 6.92 Å². The molecule has 3 aromatic carbocycles. The molecule has 0 aromatic heterocycles. The number of rotatable bonds is 11. The molecule has 0 heterocycles. The second kappa shape index (κ2) is 12.2. The van der Waals surface area contributed by atoms with Crippen LogP contribution in [0.4, 0.5) is 0 Å². The quantitative estimate of drug-likeness (QED) is 0.313. The maximum atomic E-state index is 12.9. The van der Waals surface area contributed by atoms with Crippen LogP contribution in [-0.4, -0.2) is 52.7 Å². The number of methoxy groups -OCH3 is 2. The molecular formula is C26H29N3O6S. The van der Waals surface area contributed by atoms with E-state index in [4.69, 9.17) is 14.2 Å². The van der Waals surface area contributed by atoms with E-state index < -0.39 is 22.5 Å². The minimum atomic E-state index is -3.95. The van der Waals surface area contributed by atoms with Crippen LogP contribution in [0.1, 0.15) is 16.7 Å². The highest BCUT2D eigenvalue weighted by Gasteiger charge is 2.26. The maximum absolute atomic E-state index is 12.9. The van der Waals surface area contributed by atoms with E-state index in [0.29, 0.717) is 23.7 Å². The molecule has 1 amide bonds. The Labute approximate surface area is 211 Å². The average molecular weight is 512 g/mol. The van der Waals surface area contributed by atoms with Crippen molar-refractivity contribution < 1.29 is 27.4 Å². The number of nitrogens with zero attached hydrogens (tertiary/aromatic N) is 2. The second-order valence-corrected chi connectivity index (χ2v) is 9.91. The van der Waals surface area contributed by atoms with E-state index in [1.54, 1.807) is 37.3 Å². The van der Waals surface area contributed by atoms with Gasteiger partial charge in [0.1, 0.15) is 17.3 Å². The summed E-state index contributed by atoms with van der Waals surface area (Å²) < 4.78 is 43.2. The number of ether oxygens (including phenoxy) is 3. The number of hydrogen-bond donors (Lipinski definition) is 1. The van der Waals surface area contributed by atoms with Gasteiger partial charge in [0.05, 0.1) is 27.0 Å². The Morgan fingerprint density at radius 3 is 2.36 bits per heavy atom. The SMILES string of the molecule is COc1cc(/C=N/NC(=O)CN(C)S(=O)(=O)c2cc(C)ccc2OC)ccc1OCc1ccccc1. The molecule has 0 aliphatic rings. The van der Waals surface area contributed by atoms with Crippen LogP contribution >= 0.6 is 0 Å². The van der Waals surface area contributed by atoms with Gasteiger partial charge >= 0.3 is 0 Å². The fourth-order valence-electron chi connectivity index (χ4n) is 3.27. The zero-order valence-electron chi connectivity index (χ0n) is 20.6. The summed E-state index contributed by atoms with van der Waals surface area (Å²) in [6.45, 7) is 1.74. The van der Waals surface area contributed by atoms with Crippen molar-refractivity contribution >= 4 is 22.1 Å². The van der Waals surface area contributed by atoms with E-state index in [-0.39, 0.29) is 10.6 Å². The van der Waals surface area contributed by atoms with Gasteiger partial charge in [-0.1, -0.05) is 36.4 Å². The van der Waals surface area contributed by atoms with Crippen molar-refractivity contribution in [1.29, 1.82) is 0 Å². The van der Waals surface area contributed by atoms with Crippen LogP contribution in [0.15, 0.2) is 76.7 Å². The summed E-state index contributed by atoms with van der Waals surface area (Å²) in [6.07, 6.45) is 1.43. The molecule has 0 aliphatic heterocycles. The summed E-state index contributed by atoms with van der Waals surface area (Å²) in [5.41, 5.74) is 4.78. The highest BCUT2D eigenvalue weighted by molar-refractivity contribution is 7.89. The Morgan fingerprint density at radius 2 is 1.67 bits per heavy atom. The molecule has 0 radical (unpaired) electrons. The molecule has 0 saturated carbocycles. The van der Waals surface area contributed by atoms with Gasteiger partial charge in [-0.15, -0.1) is 0 Å². The number of sulfonamides is 1. The van der Waals surface area contributed by atoms with Gasteiger partial charge in [0.25, 0.3) is 5.91 Å². The lowest BCUT2D eigenvalue weighted by Gasteiger charge is -2.18. The van der Waals surface area contributed by atoms with Crippen LogP contribution in [0.3, 0.4) is 0 Å². The van der Waals surface area contributed by atoms with Crippen molar-refractivity contribution in [2.24, 2.45) is 5.10 Å². The first kappa shape index (κ1) is 26.7. The third-order valence-corrected chi connectivity index (χ3v) is 7.03. The Bertz CT molecular complexity index is 1330. The van der Waals surface area contributed by atoms with E-state index in [9.17, 15) is 13.2 Å². The molecule has 0 unspecified atom stereocenters. The summed E-state index contributed by atoms with van der Waals surface area (Å²) in [4.78, 5) is 12.3. The Hall–Kier alpha value is -3.89. The molecule has 0 spiro atoms. The van der Waals surface area contributed by atoms with Gasteiger partial charge in [-0.25, -0.2) is 13.8 Å². The molecule has 36 heavy (non-hydrogen) atoms. The molecule has 3 rings (SSSR count). The van der Waals surface area contributed by atoms with Gasteiger partial charge in [0, 0.05) is 7.05 Å². The number of amides is 1. The zero-order chi connectivity index (χ0) is 26.1. The highest BCUT2D eigenvalue weighted by atomic mass is 32.2. The first-order chi connectivity index (χ1) is 17.2. The molecule has 1 N–H and O–H groups in total. The zero-order valence-corrected chi connectivity index (χ0v) is 21.4. The van der Waals surface area contributed by atoms with Crippen molar-refractivity contribution in [3.8, 4) is 17.2 Å². The third kappa shape index (κ3) is 6.83. The van der Waals surface area contributed by atoms with Crippen LogP contribution in [0.25, 0.3) is 0 Å². The number of hydrogen-bond acceptors (Lipinski definition) is 7. The topological polar surface area (TPSA) is 107 Å². The van der Waals surface area contributed by atoms with E-state index >= 15 is 0 Å². The number of nitrogens with one attached hydrogen (secondary N) is 1. The predicted octanol–water partition coefficient (Wildman–Crippen LogP) is 3.36. The van der Waals surface area contributed by atoms with Gasteiger partial charge in [-0.2, -0.15) is 9.41 Å². The van der Waals surface area contributed by atoms with Crippen LogP contribution < -0.4 is 19.6 Å². The summed E-state index contributed by atoms with van der Waals surface area (Å²) in [7, 11) is 0.294. The smallest absolute Gasteiger partial charge is 0.255 e. The summed E-state index contributed by atoms with van der Waals surface area (Å²) >= 11 is 0. The van der Waals surface area contributed by atoms with Crippen molar-refractivity contribution in [2.75, 3.05) is 27.8 Å².